The minimum atomic E-state index is 0.317. The Morgan fingerprint density at radius 1 is 1.08 bits per heavy atom. The van der Waals surface area contributed by atoms with Gasteiger partial charge >= 0.3 is 0 Å². The van der Waals surface area contributed by atoms with Crippen molar-refractivity contribution in [2.45, 2.75) is 26.4 Å². The maximum absolute atomic E-state index is 5.51. The van der Waals surface area contributed by atoms with E-state index in [1.807, 2.05) is 0 Å². The van der Waals surface area contributed by atoms with E-state index in [2.05, 4.69) is 78.5 Å². The van der Waals surface area contributed by atoms with E-state index in [-0.39, 0.29) is 0 Å². The van der Waals surface area contributed by atoms with E-state index in [1.54, 1.807) is 18.4 Å². The van der Waals surface area contributed by atoms with Gasteiger partial charge in [-0.2, -0.15) is 11.3 Å². The van der Waals surface area contributed by atoms with Crippen molar-refractivity contribution >= 4 is 11.3 Å². The molecule has 0 spiro atoms. The van der Waals surface area contributed by atoms with Crippen LogP contribution in [0.5, 0.6) is 5.75 Å². The minimum absolute atomic E-state index is 0.317. The van der Waals surface area contributed by atoms with E-state index in [4.69, 9.17) is 4.74 Å². The number of nitrogens with one attached hydrogen (secondary N) is 1. The van der Waals surface area contributed by atoms with Crippen molar-refractivity contribution in [3.05, 3.63) is 76.0 Å². The van der Waals surface area contributed by atoms with Crippen molar-refractivity contribution in [1.29, 1.82) is 0 Å². The Labute approximate surface area is 148 Å². The van der Waals surface area contributed by atoms with Crippen LogP contribution in [0.4, 0.5) is 0 Å². The third-order valence-corrected chi connectivity index (χ3v) is 4.97. The quantitative estimate of drug-likeness (QED) is 0.634. The Morgan fingerprint density at radius 3 is 2.54 bits per heavy atom. The Hall–Kier alpha value is -2.10. The zero-order valence-electron chi connectivity index (χ0n) is 14.4. The fraction of sp³-hybridized carbons (Fsp3) is 0.238. The first-order chi connectivity index (χ1) is 11.7. The normalized spacial score (nSPS) is 12.1. The average Bonchev–Trinajstić information content (AvgIpc) is 3.14. The summed E-state index contributed by atoms with van der Waals surface area (Å²) in [5, 5.41) is 7.86. The van der Waals surface area contributed by atoms with Crippen molar-refractivity contribution in [3.63, 3.8) is 0 Å². The molecule has 0 amide bonds. The van der Waals surface area contributed by atoms with Gasteiger partial charge in [0.05, 0.1) is 7.11 Å². The van der Waals surface area contributed by atoms with Crippen LogP contribution in [-0.4, -0.2) is 7.11 Å². The SMILES string of the molecule is COc1ccc(CN[C@H](C)c2ccc(C)cc2)cc1-c1ccsc1. The molecule has 3 aromatic rings. The maximum Gasteiger partial charge on any atom is 0.126 e. The van der Waals surface area contributed by atoms with E-state index in [0.717, 1.165) is 17.9 Å². The highest BCUT2D eigenvalue weighted by Gasteiger charge is 2.09. The zero-order valence-corrected chi connectivity index (χ0v) is 15.2. The van der Waals surface area contributed by atoms with Crippen LogP contribution in [0, 0.1) is 6.92 Å². The van der Waals surface area contributed by atoms with Gasteiger partial charge in [-0.15, -0.1) is 0 Å². The summed E-state index contributed by atoms with van der Waals surface area (Å²) in [7, 11) is 1.72. The fourth-order valence-corrected chi connectivity index (χ4v) is 3.41. The molecule has 3 rings (SSSR count). The summed E-state index contributed by atoms with van der Waals surface area (Å²) in [5.74, 6) is 0.920. The molecule has 0 radical (unpaired) electrons. The molecule has 2 aromatic carbocycles. The van der Waals surface area contributed by atoms with Crippen LogP contribution < -0.4 is 10.1 Å². The van der Waals surface area contributed by atoms with Crippen molar-refractivity contribution < 1.29 is 4.74 Å². The van der Waals surface area contributed by atoms with Crippen LogP contribution in [-0.2, 0) is 6.54 Å². The second-order valence-electron chi connectivity index (χ2n) is 6.06. The zero-order chi connectivity index (χ0) is 16.9. The lowest BCUT2D eigenvalue weighted by Gasteiger charge is -2.16. The molecule has 124 valence electrons. The average molecular weight is 337 g/mol. The Bertz CT molecular complexity index is 778. The number of methoxy groups -OCH3 is 1. The van der Waals surface area contributed by atoms with Crippen molar-refractivity contribution in [3.8, 4) is 16.9 Å². The first-order valence-corrected chi connectivity index (χ1v) is 9.11. The second kappa shape index (κ2) is 7.65. The van der Waals surface area contributed by atoms with Crippen LogP contribution in [0.3, 0.4) is 0 Å². The summed E-state index contributed by atoms with van der Waals surface area (Å²) >= 11 is 1.70. The van der Waals surface area contributed by atoms with Gasteiger partial charge in [-0.25, -0.2) is 0 Å². The smallest absolute Gasteiger partial charge is 0.126 e. The highest BCUT2D eigenvalue weighted by atomic mass is 32.1. The third-order valence-electron chi connectivity index (χ3n) is 4.29. The predicted octanol–water partition coefficient (Wildman–Crippen LogP) is 5.58. The number of aryl methyl sites for hydroxylation is 1. The van der Waals surface area contributed by atoms with Gasteiger partial charge in [-0.3, -0.25) is 0 Å². The van der Waals surface area contributed by atoms with Gasteiger partial charge in [-0.1, -0.05) is 35.9 Å². The maximum atomic E-state index is 5.51. The number of thiophene rings is 1. The first-order valence-electron chi connectivity index (χ1n) is 8.17. The lowest BCUT2D eigenvalue weighted by Crippen LogP contribution is -2.18. The molecule has 0 saturated carbocycles. The van der Waals surface area contributed by atoms with E-state index in [9.17, 15) is 0 Å². The van der Waals surface area contributed by atoms with Crippen molar-refractivity contribution in [2.24, 2.45) is 0 Å². The predicted molar refractivity (Wildman–Crippen MR) is 103 cm³/mol. The van der Waals surface area contributed by atoms with Gasteiger partial charge in [0.1, 0.15) is 5.75 Å². The molecule has 1 aromatic heterocycles. The molecular weight excluding hydrogens is 314 g/mol. The fourth-order valence-electron chi connectivity index (χ4n) is 2.75. The summed E-state index contributed by atoms with van der Waals surface area (Å²) in [6.07, 6.45) is 0. The molecule has 0 fully saturated rings. The Kier molecular flexibility index (Phi) is 5.34. The number of rotatable bonds is 6. The van der Waals surface area contributed by atoms with Crippen molar-refractivity contribution in [1.82, 2.24) is 5.32 Å². The van der Waals surface area contributed by atoms with E-state index in [1.165, 1.54) is 22.3 Å². The Balaban J connectivity index is 1.73. The molecule has 1 atom stereocenters. The molecule has 0 saturated heterocycles. The van der Waals surface area contributed by atoms with E-state index >= 15 is 0 Å². The largest absolute Gasteiger partial charge is 0.496 e. The molecule has 3 heteroatoms. The van der Waals surface area contributed by atoms with Crippen LogP contribution in [0.15, 0.2) is 59.3 Å². The monoisotopic (exact) mass is 337 g/mol. The summed E-state index contributed by atoms with van der Waals surface area (Å²) in [6, 6.07) is 17.6. The number of benzene rings is 2. The molecule has 1 N–H and O–H groups in total. The number of ether oxygens (including phenoxy) is 1. The summed E-state index contributed by atoms with van der Waals surface area (Å²) < 4.78 is 5.51. The highest BCUT2D eigenvalue weighted by molar-refractivity contribution is 7.08. The standard InChI is InChI=1S/C21H23NOS/c1-15-4-7-18(8-5-15)16(2)22-13-17-6-9-21(23-3)20(12-17)19-10-11-24-14-19/h4-12,14,16,22H,13H2,1-3H3/t16-/m1/s1. The van der Waals surface area contributed by atoms with E-state index < -0.39 is 0 Å². The lowest BCUT2D eigenvalue weighted by molar-refractivity contribution is 0.416. The van der Waals surface area contributed by atoms with Crippen LogP contribution >= 0.6 is 11.3 Å². The first kappa shape index (κ1) is 16.7. The third kappa shape index (κ3) is 3.86. The van der Waals surface area contributed by atoms with Gasteiger partial charge in [0.2, 0.25) is 0 Å². The van der Waals surface area contributed by atoms with E-state index in [0.29, 0.717) is 6.04 Å². The van der Waals surface area contributed by atoms with Crippen LogP contribution in [0.2, 0.25) is 0 Å². The minimum Gasteiger partial charge on any atom is -0.496 e. The van der Waals surface area contributed by atoms with Crippen LogP contribution in [0.1, 0.15) is 29.7 Å². The van der Waals surface area contributed by atoms with Gasteiger partial charge in [0.15, 0.2) is 0 Å². The summed E-state index contributed by atoms with van der Waals surface area (Å²) in [5.41, 5.74) is 6.23. The van der Waals surface area contributed by atoms with Gasteiger partial charge in [0, 0.05) is 18.2 Å². The molecule has 24 heavy (non-hydrogen) atoms. The molecule has 0 bridgehead atoms. The van der Waals surface area contributed by atoms with Crippen molar-refractivity contribution in [2.75, 3.05) is 7.11 Å². The molecule has 0 aliphatic heterocycles. The lowest BCUT2D eigenvalue weighted by atomic mass is 10.0. The molecule has 0 aliphatic rings. The Morgan fingerprint density at radius 2 is 1.88 bits per heavy atom. The molecule has 0 aliphatic carbocycles. The molecule has 0 unspecified atom stereocenters. The van der Waals surface area contributed by atoms with Crippen LogP contribution in [0.25, 0.3) is 11.1 Å². The summed E-state index contributed by atoms with van der Waals surface area (Å²) in [4.78, 5) is 0. The highest BCUT2D eigenvalue weighted by Crippen LogP contribution is 2.32. The molecular formula is C21H23NOS. The topological polar surface area (TPSA) is 21.3 Å². The van der Waals surface area contributed by atoms with Gasteiger partial charge in [0.25, 0.3) is 0 Å². The van der Waals surface area contributed by atoms with Gasteiger partial charge < -0.3 is 10.1 Å². The number of hydrogen-bond acceptors (Lipinski definition) is 3. The second-order valence-corrected chi connectivity index (χ2v) is 6.84. The molecule has 1 heterocycles. The molecule has 2 nitrogen and oxygen atoms in total. The van der Waals surface area contributed by atoms with Gasteiger partial charge in [-0.05, 0) is 59.5 Å². The number of hydrogen-bond donors (Lipinski definition) is 1. The summed E-state index contributed by atoms with van der Waals surface area (Å²) in [6.45, 7) is 5.15.